The van der Waals surface area contributed by atoms with Crippen LogP contribution in [0.3, 0.4) is 0 Å². The second kappa shape index (κ2) is 7.47. The maximum Gasteiger partial charge on any atom is 0.407 e. The Morgan fingerprint density at radius 1 is 1.30 bits per heavy atom. The first-order valence-corrected chi connectivity index (χ1v) is 7.06. The molecule has 1 amide bonds. The number of nitrogens with one attached hydrogen (secondary N) is 2. The zero-order valence-corrected chi connectivity index (χ0v) is 12.8. The fraction of sp³-hybridized carbons (Fsp3) is 0.857. The first kappa shape index (κ1) is 16.8. The van der Waals surface area contributed by atoms with Crippen molar-refractivity contribution < 1.29 is 19.1 Å². The van der Waals surface area contributed by atoms with E-state index in [9.17, 15) is 9.59 Å². The number of ether oxygens (including phenoxy) is 2. The first-order valence-electron chi connectivity index (χ1n) is 7.06. The molecule has 0 aromatic carbocycles. The summed E-state index contributed by atoms with van der Waals surface area (Å²) >= 11 is 0. The van der Waals surface area contributed by atoms with E-state index in [2.05, 4.69) is 10.6 Å². The zero-order valence-electron chi connectivity index (χ0n) is 12.8. The maximum absolute atomic E-state index is 11.6. The quantitative estimate of drug-likeness (QED) is 0.762. The molecule has 0 spiro atoms. The molecule has 0 bridgehead atoms. The molecule has 0 saturated carbocycles. The number of piperidine rings is 1. The molecule has 0 radical (unpaired) electrons. The monoisotopic (exact) mass is 286 g/mol. The lowest BCUT2D eigenvalue weighted by atomic mass is 9.84. The van der Waals surface area contributed by atoms with Gasteiger partial charge in [0.2, 0.25) is 0 Å². The fourth-order valence-corrected chi connectivity index (χ4v) is 2.31. The van der Waals surface area contributed by atoms with E-state index in [1.54, 1.807) is 0 Å². The van der Waals surface area contributed by atoms with Gasteiger partial charge in [-0.15, -0.1) is 0 Å². The summed E-state index contributed by atoms with van der Waals surface area (Å²) in [5.41, 5.74) is -0.500. The van der Waals surface area contributed by atoms with Crippen molar-refractivity contribution in [1.82, 2.24) is 10.6 Å². The molecule has 1 saturated heterocycles. The van der Waals surface area contributed by atoms with Crippen LogP contribution in [0.25, 0.3) is 0 Å². The van der Waals surface area contributed by atoms with Crippen LogP contribution in [0.1, 0.15) is 33.6 Å². The van der Waals surface area contributed by atoms with Gasteiger partial charge in [-0.2, -0.15) is 0 Å². The van der Waals surface area contributed by atoms with Crippen molar-refractivity contribution in [2.75, 3.05) is 26.7 Å². The van der Waals surface area contributed by atoms with Gasteiger partial charge in [0.1, 0.15) is 5.60 Å². The van der Waals surface area contributed by atoms with Gasteiger partial charge in [-0.1, -0.05) is 0 Å². The minimum atomic E-state index is -0.500. The van der Waals surface area contributed by atoms with Crippen molar-refractivity contribution in [3.05, 3.63) is 0 Å². The van der Waals surface area contributed by atoms with Crippen LogP contribution in [0, 0.1) is 11.8 Å². The normalized spacial score (nSPS) is 23.0. The summed E-state index contributed by atoms with van der Waals surface area (Å²) in [6, 6.07) is 0. The lowest BCUT2D eigenvalue weighted by Gasteiger charge is -2.32. The smallest absolute Gasteiger partial charge is 0.407 e. The highest BCUT2D eigenvalue weighted by molar-refractivity contribution is 5.69. The molecule has 1 rings (SSSR count). The van der Waals surface area contributed by atoms with E-state index in [0.29, 0.717) is 13.0 Å². The first-order chi connectivity index (χ1) is 9.31. The van der Waals surface area contributed by atoms with Crippen molar-refractivity contribution in [3.8, 4) is 0 Å². The van der Waals surface area contributed by atoms with E-state index in [4.69, 9.17) is 9.47 Å². The summed E-state index contributed by atoms with van der Waals surface area (Å²) in [6.45, 7) is 7.67. The number of carbonyl (C=O) groups excluding carboxylic acids is 2. The Bertz CT molecular complexity index is 339. The van der Waals surface area contributed by atoms with Crippen LogP contribution in [-0.4, -0.2) is 44.4 Å². The molecule has 116 valence electrons. The third-order valence-electron chi connectivity index (χ3n) is 3.33. The Balaban J connectivity index is 2.42. The number of methoxy groups -OCH3 is 1. The molecule has 20 heavy (non-hydrogen) atoms. The van der Waals surface area contributed by atoms with E-state index >= 15 is 0 Å². The molecule has 1 aliphatic rings. The molecule has 2 atom stereocenters. The van der Waals surface area contributed by atoms with Gasteiger partial charge in [-0.25, -0.2) is 4.79 Å². The Labute approximate surface area is 120 Å². The second-order valence-electron chi connectivity index (χ2n) is 6.18. The molecule has 2 N–H and O–H groups in total. The fourth-order valence-electron chi connectivity index (χ4n) is 2.31. The molecule has 0 aliphatic carbocycles. The molecule has 1 heterocycles. The summed E-state index contributed by atoms with van der Waals surface area (Å²) in [5, 5.41) is 6.06. The number of hydrogen-bond donors (Lipinski definition) is 2. The molecule has 6 nitrogen and oxygen atoms in total. The number of carbonyl (C=O) groups is 2. The van der Waals surface area contributed by atoms with E-state index < -0.39 is 11.7 Å². The molecule has 1 aliphatic heterocycles. The predicted octanol–water partition coefficient (Wildman–Crippen LogP) is 1.30. The Hall–Kier alpha value is -1.30. The van der Waals surface area contributed by atoms with Crippen LogP contribution in [0.2, 0.25) is 0 Å². The van der Waals surface area contributed by atoms with Crippen LogP contribution in [0.4, 0.5) is 4.79 Å². The maximum atomic E-state index is 11.6. The highest BCUT2D eigenvalue weighted by atomic mass is 16.6. The van der Waals surface area contributed by atoms with Crippen LogP contribution < -0.4 is 10.6 Å². The van der Waals surface area contributed by atoms with Gasteiger partial charge in [0.05, 0.1) is 7.11 Å². The lowest BCUT2D eigenvalue weighted by molar-refractivity contribution is -0.142. The number of alkyl carbamates (subject to hydrolysis) is 1. The van der Waals surface area contributed by atoms with Crippen LogP contribution in [0.5, 0.6) is 0 Å². The highest BCUT2D eigenvalue weighted by Gasteiger charge is 2.28. The van der Waals surface area contributed by atoms with Crippen molar-refractivity contribution in [1.29, 1.82) is 0 Å². The number of amides is 1. The largest absolute Gasteiger partial charge is 0.469 e. The summed E-state index contributed by atoms with van der Waals surface area (Å²) in [7, 11) is 1.40. The van der Waals surface area contributed by atoms with Gasteiger partial charge >= 0.3 is 12.1 Å². The standard InChI is InChI=1S/C14H26N2O4/c1-14(2,3)20-13(18)16-9-11-8-15-6-5-10(11)7-12(17)19-4/h10-11,15H,5-9H2,1-4H3,(H,16,18). The number of esters is 1. The molecular formula is C14H26N2O4. The van der Waals surface area contributed by atoms with Gasteiger partial charge in [0, 0.05) is 13.0 Å². The van der Waals surface area contributed by atoms with Crippen molar-refractivity contribution >= 4 is 12.1 Å². The average Bonchev–Trinajstić information content (AvgIpc) is 2.35. The molecule has 2 unspecified atom stereocenters. The van der Waals surface area contributed by atoms with E-state index in [0.717, 1.165) is 19.5 Å². The molecule has 1 fully saturated rings. The van der Waals surface area contributed by atoms with Gasteiger partial charge < -0.3 is 20.1 Å². The predicted molar refractivity (Wildman–Crippen MR) is 75.3 cm³/mol. The molecule has 6 heteroatoms. The average molecular weight is 286 g/mol. The van der Waals surface area contributed by atoms with Crippen LogP contribution in [0.15, 0.2) is 0 Å². The Morgan fingerprint density at radius 2 is 2.00 bits per heavy atom. The Kier molecular flexibility index (Phi) is 6.26. The van der Waals surface area contributed by atoms with Gasteiger partial charge in [-0.05, 0) is 52.1 Å². The van der Waals surface area contributed by atoms with Gasteiger partial charge in [0.15, 0.2) is 0 Å². The van der Waals surface area contributed by atoms with Crippen molar-refractivity contribution in [3.63, 3.8) is 0 Å². The molecule has 0 aromatic heterocycles. The van der Waals surface area contributed by atoms with Crippen LogP contribution in [-0.2, 0) is 14.3 Å². The minimum Gasteiger partial charge on any atom is -0.469 e. The summed E-state index contributed by atoms with van der Waals surface area (Å²) in [4.78, 5) is 23.0. The van der Waals surface area contributed by atoms with E-state index in [-0.39, 0.29) is 17.8 Å². The second-order valence-corrected chi connectivity index (χ2v) is 6.18. The summed E-state index contributed by atoms with van der Waals surface area (Å²) < 4.78 is 9.93. The van der Waals surface area contributed by atoms with Crippen molar-refractivity contribution in [2.24, 2.45) is 11.8 Å². The topological polar surface area (TPSA) is 76.7 Å². The minimum absolute atomic E-state index is 0.195. The molecule has 0 aromatic rings. The lowest BCUT2D eigenvalue weighted by Crippen LogP contribution is -2.44. The third-order valence-corrected chi connectivity index (χ3v) is 3.33. The van der Waals surface area contributed by atoms with E-state index in [1.165, 1.54) is 7.11 Å². The van der Waals surface area contributed by atoms with Gasteiger partial charge in [0.25, 0.3) is 0 Å². The van der Waals surface area contributed by atoms with E-state index in [1.807, 2.05) is 20.8 Å². The molecular weight excluding hydrogens is 260 g/mol. The summed E-state index contributed by atoms with van der Waals surface area (Å²) in [5.74, 6) is 0.258. The SMILES string of the molecule is COC(=O)CC1CCNCC1CNC(=O)OC(C)(C)C. The van der Waals surface area contributed by atoms with Gasteiger partial charge in [-0.3, -0.25) is 4.79 Å². The van der Waals surface area contributed by atoms with Crippen molar-refractivity contribution in [2.45, 2.75) is 39.2 Å². The zero-order chi connectivity index (χ0) is 15.2. The Morgan fingerprint density at radius 3 is 2.60 bits per heavy atom. The third kappa shape index (κ3) is 6.23. The summed E-state index contributed by atoms with van der Waals surface area (Å²) in [6.07, 6.45) is 0.897. The number of rotatable bonds is 4. The van der Waals surface area contributed by atoms with Crippen LogP contribution >= 0.6 is 0 Å². The number of hydrogen-bond acceptors (Lipinski definition) is 5. The highest BCUT2D eigenvalue weighted by Crippen LogP contribution is 2.22.